The smallest absolute Gasteiger partial charge is 0.220 e. The van der Waals surface area contributed by atoms with Crippen LogP contribution in [0.25, 0.3) is 0 Å². The van der Waals surface area contributed by atoms with Gasteiger partial charge in [0.15, 0.2) is 0 Å². The van der Waals surface area contributed by atoms with E-state index < -0.39 is 0 Å². The van der Waals surface area contributed by atoms with E-state index in [2.05, 4.69) is 22.9 Å². The van der Waals surface area contributed by atoms with Crippen LogP contribution in [0.15, 0.2) is 0 Å². The Labute approximate surface area is 83.0 Å². The molecule has 0 aliphatic rings. The van der Waals surface area contributed by atoms with Crippen LogP contribution in [-0.2, 0) is 4.79 Å². The van der Waals surface area contributed by atoms with Crippen LogP contribution in [0.1, 0.15) is 39.5 Å². The van der Waals surface area contributed by atoms with E-state index in [4.69, 9.17) is 5.73 Å². The Morgan fingerprint density at radius 3 is 2.58 bits per heavy atom. The van der Waals surface area contributed by atoms with E-state index in [0.29, 0.717) is 4.83 Å². The third kappa shape index (κ3) is 5.58. The first-order valence-electron chi connectivity index (χ1n) is 4.51. The second-order valence-corrected chi connectivity index (χ2v) is 4.57. The van der Waals surface area contributed by atoms with E-state index >= 15 is 0 Å². The number of hydrogen-bond acceptors (Lipinski definition) is 1. The summed E-state index contributed by atoms with van der Waals surface area (Å²) < 4.78 is 0. The lowest BCUT2D eigenvalue weighted by atomic mass is 10.0. The molecule has 0 aromatic heterocycles. The number of halogens is 1. The summed E-state index contributed by atoms with van der Waals surface area (Å²) in [6.07, 6.45) is 4.40. The zero-order valence-electron chi connectivity index (χ0n) is 7.85. The molecule has 0 aromatic carbocycles. The minimum Gasteiger partial charge on any atom is -0.369 e. The lowest BCUT2D eigenvalue weighted by molar-refractivity contribution is -0.121. The number of carbonyl (C=O) groups excluding carboxylic acids is 1. The third-order valence-corrected chi connectivity index (χ3v) is 2.80. The predicted molar refractivity (Wildman–Crippen MR) is 55.2 cm³/mol. The average Bonchev–Trinajstić information content (AvgIpc) is 2.00. The van der Waals surface area contributed by atoms with E-state index in [1.807, 2.05) is 6.92 Å². The first-order chi connectivity index (χ1) is 5.57. The Hall–Kier alpha value is -0.0500. The Morgan fingerprint density at radius 1 is 1.58 bits per heavy atom. The highest BCUT2D eigenvalue weighted by molar-refractivity contribution is 9.09. The molecule has 2 atom stereocenters. The number of amides is 1. The molecule has 12 heavy (non-hydrogen) atoms. The number of hydrogen-bond donors (Lipinski definition) is 1. The molecule has 0 radical (unpaired) electrons. The molecular weight excluding hydrogens is 218 g/mol. The molecule has 0 fully saturated rings. The molecule has 2 N–H and O–H groups in total. The maximum atomic E-state index is 10.7. The van der Waals surface area contributed by atoms with Crippen molar-refractivity contribution in [2.75, 3.05) is 0 Å². The number of nitrogens with two attached hydrogens (primary N) is 1. The fraction of sp³-hybridized carbons (Fsp3) is 0.889. The number of unbranched alkanes of at least 4 members (excludes halogenated alkanes) is 1. The Bertz CT molecular complexity index is 138. The second kappa shape index (κ2) is 6.46. The van der Waals surface area contributed by atoms with Crippen LogP contribution in [0, 0.1) is 5.92 Å². The molecule has 72 valence electrons. The zero-order valence-corrected chi connectivity index (χ0v) is 9.43. The highest BCUT2D eigenvalue weighted by atomic mass is 79.9. The van der Waals surface area contributed by atoms with Gasteiger partial charge in [-0.15, -0.1) is 0 Å². The van der Waals surface area contributed by atoms with E-state index in [9.17, 15) is 4.79 Å². The van der Waals surface area contributed by atoms with E-state index in [-0.39, 0.29) is 11.8 Å². The van der Waals surface area contributed by atoms with E-state index in [1.165, 1.54) is 12.8 Å². The summed E-state index contributed by atoms with van der Waals surface area (Å²) in [5.41, 5.74) is 5.15. The largest absolute Gasteiger partial charge is 0.369 e. The highest BCUT2D eigenvalue weighted by Crippen LogP contribution is 2.18. The van der Waals surface area contributed by atoms with Crippen molar-refractivity contribution < 1.29 is 4.79 Å². The molecule has 0 aromatic rings. The normalized spacial score (nSPS) is 15.6. The van der Waals surface area contributed by atoms with Crippen molar-refractivity contribution in [3.05, 3.63) is 0 Å². The minimum absolute atomic E-state index is 0.00812. The Balaban J connectivity index is 3.53. The summed E-state index contributed by atoms with van der Waals surface area (Å²) in [5.74, 6) is -0.206. The van der Waals surface area contributed by atoms with Crippen LogP contribution in [0.3, 0.4) is 0 Å². The van der Waals surface area contributed by atoms with Crippen molar-refractivity contribution in [2.24, 2.45) is 11.7 Å². The maximum Gasteiger partial charge on any atom is 0.220 e. The van der Waals surface area contributed by atoms with Gasteiger partial charge in [-0.1, -0.05) is 42.6 Å². The van der Waals surface area contributed by atoms with Crippen LogP contribution in [-0.4, -0.2) is 10.7 Å². The number of rotatable bonds is 6. The SMILES string of the molecule is CCCCC(Br)CC(C)C(N)=O. The lowest BCUT2D eigenvalue weighted by Crippen LogP contribution is -2.23. The Morgan fingerprint density at radius 2 is 2.17 bits per heavy atom. The molecular formula is C9H18BrNO. The van der Waals surface area contributed by atoms with Crippen LogP contribution >= 0.6 is 15.9 Å². The van der Waals surface area contributed by atoms with Crippen molar-refractivity contribution in [1.29, 1.82) is 0 Å². The number of carbonyl (C=O) groups is 1. The minimum atomic E-state index is -0.198. The van der Waals surface area contributed by atoms with Crippen LogP contribution in [0.4, 0.5) is 0 Å². The number of primary amides is 1. The van der Waals surface area contributed by atoms with Gasteiger partial charge in [0.05, 0.1) is 0 Å². The summed E-state index contributed by atoms with van der Waals surface area (Å²) >= 11 is 3.54. The van der Waals surface area contributed by atoms with E-state index in [0.717, 1.165) is 12.8 Å². The highest BCUT2D eigenvalue weighted by Gasteiger charge is 2.13. The summed E-state index contributed by atoms with van der Waals surface area (Å²) in [6.45, 7) is 4.04. The average molecular weight is 236 g/mol. The van der Waals surface area contributed by atoms with Crippen LogP contribution in [0.5, 0.6) is 0 Å². The van der Waals surface area contributed by atoms with Gasteiger partial charge in [-0.3, -0.25) is 4.79 Å². The van der Waals surface area contributed by atoms with Crippen molar-refractivity contribution >= 4 is 21.8 Å². The van der Waals surface area contributed by atoms with Gasteiger partial charge in [0.25, 0.3) is 0 Å². The lowest BCUT2D eigenvalue weighted by Gasteiger charge is -2.12. The molecule has 2 unspecified atom stereocenters. The predicted octanol–water partition coefficient (Wildman–Crippen LogP) is 2.45. The van der Waals surface area contributed by atoms with Crippen LogP contribution in [0.2, 0.25) is 0 Å². The first-order valence-corrected chi connectivity index (χ1v) is 5.42. The third-order valence-electron chi connectivity index (χ3n) is 1.97. The zero-order chi connectivity index (χ0) is 9.56. The standard InChI is InChI=1S/C9H18BrNO/c1-3-4-5-8(10)6-7(2)9(11)12/h7-8H,3-6H2,1-2H3,(H2,11,12). The molecule has 0 aliphatic heterocycles. The molecule has 0 heterocycles. The van der Waals surface area contributed by atoms with Crippen LogP contribution < -0.4 is 5.73 Å². The molecule has 0 saturated heterocycles. The first kappa shape index (κ1) is 11.9. The molecule has 3 heteroatoms. The fourth-order valence-corrected chi connectivity index (χ4v) is 1.93. The quantitative estimate of drug-likeness (QED) is 0.707. The molecule has 0 rings (SSSR count). The monoisotopic (exact) mass is 235 g/mol. The van der Waals surface area contributed by atoms with Gasteiger partial charge in [0, 0.05) is 10.7 Å². The van der Waals surface area contributed by atoms with Crippen molar-refractivity contribution in [3.8, 4) is 0 Å². The molecule has 0 aliphatic carbocycles. The van der Waals surface area contributed by atoms with Crippen molar-refractivity contribution in [3.63, 3.8) is 0 Å². The van der Waals surface area contributed by atoms with Crippen molar-refractivity contribution in [1.82, 2.24) is 0 Å². The second-order valence-electron chi connectivity index (χ2n) is 3.28. The van der Waals surface area contributed by atoms with Crippen molar-refractivity contribution in [2.45, 2.75) is 44.4 Å². The van der Waals surface area contributed by atoms with Gasteiger partial charge in [0.2, 0.25) is 5.91 Å². The molecule has 0 saturated carbocycles. The Kier molecular flexibility index (Phi) is 6.44. The van der Waals surface area contributed by atoms with Gasteiger partial charge in [-0.2, -0.15) is 0 Å². The number of alkyl halides is 1. The summed E-state index contributed by atoms with van der Waals surface area (Å²) in [5, 5.41) is 0. The maximum absolute atomic E-state index is 10.7. The van der Waals surface area contributed by atoms with Gasteiger partial charge < -0.3 is 5.73 Å². The topological polar surface area (TPSA) is 43.1 Å². The molecule has 1 amide bonds. The van der Waals surface area contributed by atoms with Gasteiger partial charge >= 0.3 is 0 Å². The van der Waals surface area contributed by atoms with E-state index in [1.54, 1.807) is 0 Å². The molecule has 0 bridgehead atoms. The van der Waals surface area contributed by atoms with Gasteiger partial charge in [-0.05, 0) is 12.8 Å². The van der Waals surface area contributed by atoms with Gasteiger partial charge in [-0.25, -0.2) is 0 Å². The molecule has 0 spiro atoms. The fourth-order valence-electron chi connectivity index (χ4n) is 1.04. The summed E-state index contributed by atoms with van der Waals surface area (Å²) in [7, 11) is 0. The summed E-state index contributed by atoms with van der Waals surface area (Å²) in [6, 6.07) is 0. The van der Waals surface area contributed by atoms with Gasteiger partial charge in [0.1, 0.15) is 0 Å². The molecule has 2 nitrogen and oxygen atoms in total. The summed E-state index contributed by atoms with van der Waals surface area (Å²) in [4.78, 5) is 11.2.